The molecule has 0 aromatic heterocycles. The Balaban J connectivity index is 2.76. The zero-order chi connectivity index (χ0) is 16.4. The van der Waals surface area contributed by atoms with Crippen LogP contribution in [-0.2, 0) is 14.3 Å². The van der Waals surface area contributed by atoms with Gasteiger partial charge in [-0.05, 0) is 50.7 Å². The van der Waals surface area contributed by atoms with Crippen LogP contribution < -0.4 is 5.32 Å². The quantitative estimate of drug-likeness (QED) is 0.323. The van der Waals surface area contributed by atoms with E-state index in [1.165, 1.54) is 0 Å². The average molecular weight is 306 g/mol. The molecule has 0 fully saturated rings. The summed E-state index contributed by atoms with van der Waals surface area (Å²) in [5, 5.41) is 12.6. The number of nitrogens with zero attached hydrogens (tertiary/aromatic N) is 1. The SMILES string of the molecule is CCC(C)OC(=O)/C(C#N)=C1\C=C(NCCCOC)CCC1. The summed E-state index contributed by atoms with van der Waals surface area (Å²) in [6.45, 7) is 5.32. The van der Waals surface area contributed by atoms with Crippen LogP contribution in [0, 0.1) is 11.3 Å². The Kier molecular flexibility index (Phi) is 8.31. The standard InChI is InChI=1S/C17H26N2O3/c1-4-13(2)22-17(20)16(12-18)14-7-5-8-15(11-14)19-9-6-10-21-3/h11,13,19H,4-10H2,1-3H3/b16-14-. The van der Waals surface area contributed by atoms with Crippen LogP contribution in [0.15, 0.2) is 22.9 Å². The number of nitriles is 1. The van der Waals surface area contributed by atoms with Crippen LogP contribution in [-0.4, -0.2) is 32.3 Å². The van der Waals surface area contributed by atoms with Gasteiger partial charge in [0.25, 0.3) is 0 Å². The highest BCUT2D eigenvalue weighted by Crippen LogP contribution is 2.24. The Morgan fingerprint density at radius 3 is 2.91 bits per heavy atom. The highest BCUT2D eigenvalue weighted by Gasteiger charge is 2.20. The molecule has 22 heavy (non-hydrogen) atoms. The van der Waals surface area contributed by atoms with Crippen molar-refractivity contribution in [3.05, 3.63) is 22.9 Å². The molecule has 1 unspecified atom stereocenters. The number of carbonyl (C=O) groups excluding carboxylic acids is 1. The van der Waals surface area contributed by atoms with Crippen molar-refractivity contribution in [2.45, 2.75) is 52.1 Å². The summed E-state index contributed by atoms with van der Waals surface area (Å²) in [7, 11) is 1.68. The fourth-order valence-corrected chi connectivity index (χ4v) is 2.20. The normalized spacial score (nSPS) is 18.0. The van der Waals surface area contributed by atoms with Gasteiger partial charge >= 0.3 is 5.97 Å². The zero-order valence-corrected chi connectivity index (χ0v) is 13.8. The highest BCUT2D eigenvalue weighted by atomic mass is 16.5. The number of hydrogen-bond donors (Lipinski definition) is 1. The van der Waals surface area contributed by atoms with Crippen LogP contribution in [0.5, 0.6) is 0 Å². The second-order valence-corrected chi connectivity index (χ2v) is 5.43. The van der Waals surface area contributed by atoms with Crippen molar-refractivity contribution in [3.63, 3.8) is 0 Å². The van der Waals surface area contributed by atoms with Gasteiger partial charge in [-0.15, -0.1) is 0 Å². The predicted octanol–water partition coefficient (Wildman–Crippen LogP) is 2.84. The molecule has 5 heteroatoms. The summed E-state index contributed by atoms with van der Waals surface area (Å²) in [6.07, 6.45) is 6.02. The second-order valence-electron chi connectivity index (χ2n) is 5.43. The van der Waals surface area contributed by atoms with Crippen LogP contribution in [0.2, 0.25) is 0 Å². The first-order chi connectivity index (χ1) is 10.6. The minimum atomic E-state index is -0.510. The summed E-state index contributed by atoms with van der Waals surface area (Å²) in [5.74, 6) is -0.510. The summed E-state index contributed by atoms with van der Waals surface area (Å²) >= 11 is 0. The number of ether oxygens (including phenoxy) is 2. The first-order valence-corrected chi connectivity index (χ1v) is 7.90. The molecule has 1 atom stereocenters. The van der Waals surface area contributed by atoms with Gasteiger partial charge in [-0.2, -0.15) is 5.26 Å². The number of esters is 1. The molecular formula is C17H26N2O3. The highest BCUT2D eigenvalue weighted by molar-refractivity contribution is 5.94. The van der Waals surface area contributed by atoms with E-state index in [1.807, 2.05) is 26.0 Å². The fourth-order valence-electron chi connectivity index (χ4n) is 2.20. The first-order valence-electron chi connectivity index (χ1n) is 7.90. The summed E-state index contributed by atoms with van der Waals surface area (Å²) in [4.78, 5) is 12.1. The van der Waals surface area contributed by atoms with Gasteiger partial charge in [0.05, 0.1) is 6.10 Å². The summed E-state index contributed by atoms with van der Waals surface area (Å²) < 4.78 is 10.3. The summed E-state index contributed by atoms with van der Waals surface area (Å²) in [6, 6.07) is 2.01. The van der Waals surface area contributed by atoms with Crippen molar-refractivity contribution in [3.8, 4) is 6.07 Å². The Hall–Kier alpha value is -1.80. The number of hydrogen-bond acceptors (Lipinski definition) is 5. The predicted molar refractivity (Wildman–Crippen MR) is 84.9 cm³/mol. The zero-order valence-electron chi connectivity index (χ0n) is 13.8. The smallest absolute Gasteiger partial charge is 0.349 e. The second kappa shape index (κ2) is 10.0. The lowest BCUT2D eigenvalue weighted by Crippen LogP contribution is -2.20. The number of nitrogens with one attached hydrogen (secondary N) is 1. The van der Waals surface area contributed by atoms with Crippen LogP contribution >= 0.6 is 0 Å². The number of carbonyl (C=O) groups is 1. The molecule has 0 heterocycles. The lowest BCUT2D eigenvalue weighted by atomic mass is 9.95. The minimum Gasteiger partial charge on any atom is -0.459 e. The largest absolute Gasteiger partial charge is 0.459 e. The molecule has 5 nitrogen and oxygen atoms in total. The third kappa shape index (κ3) is 5.90. The fraction of sp³-hybridized carbons (Fsp3) is 0.647. The maximum Gasteiger partial charge on any atom is 0.349 e. The maximum atomic E-state index is 12.1. The van der Waals surface area contributed by atoms with E-state index in [2.05, 4.69) is 5.32 Å². The molecule has 0 amide bonds. The van der Waals surface area contributed by atoms with Crippen molar-refractivity contribution in [1.82, 2.24) is 5.32 Å². The van der Waals surface area contributed by atoms with Gasteiger partial charge in [0.1, 0.15) is 11.6 Å². The van der Waals surface area contributed by atoms with E-state index in [0.717, 1.165) is 49.9 Å². The van der Waals surface area contributed by atoms with Gasteiger partial charge in [0.15, 0.2) is 0 Å². The number of methoxy groups -OCH3 is 1. The Labute approximate surface area is 133 Å². The molecule has 1 aliphatic rings. The molecule has 1 aliphatic carbocycles. The van der Waals surface area contributed by atoms with E-state index in [-0.39, 0.29) is 11.7 Å². The van der Waals surface area contributed by atoms with Crippen LogP contribution in [0.3, 0.4) is 0 Å². The van der Waals surface area contributed by atoms with Crippen molar-refractivity contribution in [2.75, 3.05) is 20.3 Å². The molecule has 0 saturated carbocycles. The lowest BCUT2D eigenvalue weighted by Gasteiger charge is -2.18. The van der Waals surface area contributed by atoms with Gasteiger partial charge in [0, 0.05) is 26.0 Å². The van der Waals surface area contributed by atoms with E-state index < -0.39 is 5.97 Å². The van der Waals surface area contributed by atoms with Gasteiger partial charge in [0.2, 0.25) is 0 Å². The monoisotopic (exact) mass is 306 g/mol. The molecule has 0 aromatic rings. The molecule has 1 rings (SSSR count). The third-order valence-corrected chi connectivity index (χ3v) is 3.64. The lowest BCUT2D eigenvalue weighted by molar-refractivity contribution is -0.143. The Bertz CT molecular complexity index is 475. The van der Waals surface area contributed by atoms with Gasteiger partial charge in [-0.3, -0.25) is 0 Å². The summed E-state index contributed by atoms with van der Waals surface area (Å²) in [5.41, 5.74) is 1.98. The van der Waals surface area contributed by atoms with Crippen LogP contribution in [0.4, 0.5) is 0 Å². The van der Waals surface area contributed by atoms with E-state index in [0.29, 0.717) is 6.61 Å². The van der Waals surface area contributed by atoms with Gasteiger partial charge < -0.3 is 14.8 Å². The third-order valence-electron chi connectivity index (χ3n) is 3.64. The molecule has 122 valence electrons. The van der Waals surface area contributed by atoms with E-state index in [1.54, 1.807) is 7.11 Å². The average Bonchev–Trinajstić information content (AvgIpc) is 2.52. The van der Waals surface area contributed by atoms with Gasteiger partial charge in [-0.1, -0.05) is 6.92 Å². The van der Waals surface area contributed by atoms with Gasteiger partial charge in [-0.25, -0.2) is 4.79 Å². The number of allylic oxidation sites excluding steroid dienone is 3. The first kappa shape index (κ1) is 18.2. The Morgan fingerprint density at radius 1 is 1.50 bits per heavy atom. The van der Waals surface area contributed by atoms with Crippen molar-refractivity contribution in [1.29, 1.82) is 5.26 Å². The molecule has 0 aromatic carbocycles. The van der Waals surface area contributed by atoms with E-state index >= 15 is 0 Å². The van der Waals surface area contributed by atoms with Crippen molar-refractivity contribution < 1.29 is 14.3 Å². The van der Waals surface area contributed by atoms with Crippen molar-refractivity contribution in [2.24, 2.45) is 0 Å². The molecule has 1 N–H and O–H groups in total. The maximum absolute atomic E-state index is 12.1. The topological polar surface area (TPSA) is 71.4 Å². The molecule has 0 spiro atoms. The molecule has 0 bridgehead atoms. The van der Waals surface area contributed by atoms with Crippen molar-refractivity contribution >= 4 is 5.97 Å². The van der Waals surface area contributed by atoms with Crippen LogP contribution in [0.25, 0.3) is 0 Å². The molecular weight excluding hydrogens is 280 g/mol. The Morgan fingerprint density at radius 2 is 2.27 bits per heavy atom. The molecule has 0 radical (unpaired) electrons. The molecule has 0 saturated heterocycles. The molecule has 0 aliphatic heterocycles. The van der Waals surface area contributed by atoms with E-state index in [4.69, 9.17) is 9.47 Å². The number of rotatable bonds is 8. The van der Waals surface area contributed by atoms with Crippen LogP contribution in [0.1, 0.15) is 46.0 Å². The minimum absolute atomic E-state index is 0.135. The van der Waals surface area contributed by atoms with E-state index in [9.17, 15) is 10.1 Å².